The Kier molecular flexibility index (Phi) is 3.91. The second kappa shape index (κ2) is 5.42. The van der Waals surface area contributed by atoms with Crippen molar-refractivity contribution in [3.8, 4) is 0 Å². The monoisotopic (exact) mass is 327 g/mol. The van der Waals surface area contributed by atoms with E-state index in [0.29, 0.717) is 0 Å². The fourth-order valence-electron chi connectivity index (χ4n) is 1.31. The zero-order valence-corrected chi connectivity index (χ0v) is 11.0. The maximum atomic E-state index is 4.43. The van der Waals surface area contributed by atoms with Crippen LogP contribution in [0.3, 0.4) is 0 Å². The lowest BCUT2D eigenvalue weighted by molar-refractivity contribution is 1.39. The van der Waals surface area contributed by atoms with Crippen LogP contribution >= 0.6 is 22.9 Å². The first-order valence-corrected chi connectivity index (χ1v) is 6.73. The third-order valence-corrected chi connectivity index (χ3v) is 4.76. The molecule has 2 aromatic carbocycles. The molecule has 0 atom stereocenters. The largest absolute Gasteiger partial charge is 0.185 e. The highest BCUT2D eigenvalue weighted by atomic mass is 127. The van der Waals surface area contributed by atoms with Crippen LogP contribution in [0.4, 0.5) is 0 Å². The molecule has 0 spiro atoms. The van der Waals surface area contributed by atoms with E-state index in [2.05, 4.69) is 74.0 Å². The van der Waals surface area contributed by atoms with Crippen molar-refractivity contribution >= 4 is 33.6 Å². The molecule has 0 unspecified atom stereocenters. The molecule has 0 amide bonds. The zero-order valence-electron chi connectivity index (χ0n) is 8.01. The van der Waals surface area contributed by atoms with Gasteiger partial charge in [0.15, 0.2) is 0 Å². The van der Waals surface area contributed by atoms with Crippen LogP contribution in [0.5, 0.6) is 0 Å². The van der Waals surface area contributed by atoms with Gasteiger partial charge in [0.2, 0.25) is 0 Å². The first-order chi connectivity index (χ1) is 7.42. The molecule has 0 heterocycles. The number of hydrogen-bond donors (Lipinski definition) is 0. The summed E-state index contributed by atoms with van der Waals surface area (Å²) in [5.74, 6) is 0. The molecular weight excluding hydrogens is 317 g/mol. The van der Waals surface area contributed by atoms with Crippen molar-refractivity contribution in [3.63, 3.8) is 0 Å². The second-order valence-corrected chi connectivity index (χ2v) is 5.81. The minimum atomic E-state index is -0.147. The molecule has 0 N–H and O–H groups in total. The van der Waals surface area contributed by atoms with Gasteiger partial charge in [-0.25, -0.2) is 0 Å². The Balaban J connectivity index is 2.44. The zero-order chi connectivity index (χ0) is 10.5. The third kappa shape index (κ3) is 2.66. The van der Waals surface area contributed by atoms with Crippen LogP contribution in [0.2, 0.25) is 0 Å². The molecule has 0 aliphatic heterocycles. The van der Waals surface area contributed by atoms with Gasteiger partial charge < -0.3 is 0 Å². The molecule has 1 nitrogen and oxygen atoms in total. The highest BCUT2D eigenvalue weighted by Crippen LogP contribution is 2.19. The van der Waals surface area contributed by atoms with E-state index in [4.69, 9.17) is 0 Å². The predicted octanol–water partition coefficient (Wildman–Crippen LogP) is 4.26. The van der Waals surface area contributed by atoms with Crippen molar-refractivity contribution in [2.24, 2.45) is 2.58 Å². The molecule has 3 heteroatoms. The van der Waals surface area contributed by atoms with E-state index < -0.39 is 0 Å². The maximum Gasteiger partial charge on any atom is 0.0930 e. The molecule has 15 heavy (non-hydrogen) atoms. The Labute approximate surface area is 106 Å². The highest BCUT2D eigenvalue weighted by Gasteiger charge is 2.02. The van der Waals surface area contributed by atoms with Crippen LogP contribution < -0.4 is 0 Å². The van der Waals surface area contributed by atoms with Crippen molar-refractivity contribution in [3.05, 3.63) is 60.7 Å². The smallest absolute Gasteiger partial charge is 0.0930 e. The quantitative estimate of drug-likeness (QED) is 0.731. The highest BCUT2D eigenvalue weighted by molar-refractivity contribution is 14.1. The number of rotatable bonds is 2. The number of benzene rings is 2. The van der Waals surface area contributed by atoms with Crippen LogP contribution in [0.15, 0.2) is 73.0 Å². The summed E-state index contributed by atoms with van der Waals surface area (Å²) >= 11 is 2.09. The topological polar surface area (TPSA) is 12.4 Å². The van der Waals surface area contributed by atoms with Crippen LogP contribution in [-0.4, -0.2) is 0 Å². The maximum absolute atomic E-state index is 4.43. The van der Waals surface area contributed by atoms with E-state index in [1.807, 2.05) is 12.1 Å². The molecule has 0 saturated carbocycles. The van der Waals surface area contributed by atoms with E-state index in [9.17, 15) is 0 Å². The van der Waals surface area contributed by atoms with E-state index in [1.165, 1.54) is 9.79 Å². The van der Waals surface area contributed by atoms with Gasteiger partial charge in [0.1, 0.15) is 0 Å². The first-order valence-electron chi connectivity index (χ1n) is 4.58. The lowest BCUT2D eigenvalue weighted by Crippen LogP contribution is -1.90. The molecular formula is C12H10INS. The Morgan fingerprint density at radius 1 is 0.733 bits per heavy atom. The van der Waals surface area contributed by atoms with Crippen LogP contribution in [-0.2, 0) is 10.7 Å². The van der Waals surface area contributed by atoms with Gasteiger partial charge in [-0.3, -0.25) is 0 Å². The normalized spacial score (nSPS) is 10.3. The van der Waals surface area contributed by atoms with Crippen LogP contribution in [0, 0.1) is 0 Å². The number of halogens is 1. The molecule has 0 aliphatic rings. The van der Waals surface area contributed by atoms with Gasteiger partial charge in [0, 0.05) is 9.79 Å². The SMILES string of the molecule is IN=S(c1ccccc1)c1ccccc1. The summed E-state index contributed by atoms with van der Waals surface area (Å²) in [5.41, 5.74) is 0. The summed E-state index contributed by atoms with van der Waals surface area (Å²) < 4.78 is 4.43. The average molecular weight is 327 g/mol. The van der Waals surface area contributed by atoms with Gasteiger partial charge >= 0.3 is 0 Å². The molecule has 0 radical (unpaired) electrons. The van der Waals surface area contributed by atoms with Gasteiger partial charge in [0.25, 0.3) is 0 Å². The molecule has 0 saturated heterocycles. The molecule has 0 aromatic heterocycles. The van der Waals surface area contributed by atoms with Crippen molar-refractivity contribution < 1.29 is 0 Å². The standard InChI is InChI=1S/C12H10INS/c13-14-15(11-7-3-1-4-8-11)12-9-5-2-6-10-12/h1-10H. The Hall–Kier alpha value is -0.680. The van der Waals surface area contributed by atoms with Crippen LogP contribution in [0.1, 0.15) is 0 Å². The summed E-state index contributed by atoms with van der Waals surface area (Å²) in [6.45, 7) is 0. The lowest BCUT2D eigenvalue weighted by Gasteiger charge is -2.05. The fraction of sp³-hybridized carbons (Fsp3) is 0. The first kappa shape index (κ1) is 10.8. The van der Waals surface area contributed by atoms with Gasteiger partial charge in [0.05, 0.1) is 22.9 Å². The van der Waals surface area contributed by atoms with Gasteiger partial charge in [-0.2, -0.15) is 2.58 Å². The van der Waals surface area contributed by atoms with E-state index in [0.717, 1.165) is 0 Å². The molecule has 2 aromatic rings. The minimum absolute atomic E-state index is 0.147. The number of nitrogens with zero attached hydrogens (tertiary/aromatic N) is 1. The minimum Gasteiger partial charge on any atom is -0.185 e. The van der Waals surface area contributed by atoms with Crippen molar-refractivity contribution in [2.75, 3.05) is 0 Å². The summed E-state index contributed by atoms with van der Waals surface area (Å²) in [6, 6.07) is 20.8. The van der Waals surface area contributed by atoms with Crippen molar-refractivity contribution in [1.29, 1.82) is 0 Å². The Morgan fingerprint density at radius 2 is 1.13 bits per heavy atom. The van der Waals surface area contributed by atoms with E-state index in [-0.39, 0.29) is 10.7 Å². The Bertz CT molecular complexity index is 412. The Morgan fingerprint density at radius 3 is 1.47 bits per heavy atom. The molecule has 0 aliphatic carbocycles. The van der Waals surface area contributed by atoms with Crippen molar-refractivity contribution in [1.82, 2.24) is 0 Å². The number of hydrogen-bond acceptors (Lipinski definition) is 1. The molecule has 2 rings (SSSR count). The molecule has 0 bridgehead atoms. The lowest BCUT2D eigenvalue weighted by atomic mass is 10.4. The predicted molar refractivity (Wildman–Crippen MR) is 73.2 cm³/mol. The summed E-state index contributed by atoms with van der Waals surface area (Å²) in [4.78, 5) is 2.52. The van der Waals surface area contributed by atoms with Gasteiger partial charge in [-0.15, -0.1) is 0 Å². The molecule has 76 valence electrons. The second-order valence-electron chi connectivity index (χ2n) is 2.98. The van der Waals surface area contributed by atoms with E-state index in [1.54, 1.807) is 0 Å². The fourth-order valence-corrected chi connectivity index (χ4v) is 3.94. The average Bonchev–Trinajstić information content (AvgIpc) is 2.33. The van der Waals surface area contributed by atoms with Gasteiger partial charge in [-0.1, -0.05) is 36.4 Å². The third-order valence-electron chi connectivity index (χ3n) is 2.00. The molecule has 0 fully saturated rings. The van der Waals surface area contributed by atoms with Crippen LogP contribution in [0.25, 0.3) is 0 Å². The summed E-state index contributed by atoms with van der Waals surface area (Å²) in [7, 11) is -0.147. The summed E-state index contributed by atoms with van der Waals surface area (Å²) in [6.07, 6.45) is 0. The van der Waals surface area contributed by atoms with Crippen molar-refractivity contribution in [2.45, 2.75) is 9.79 Å². The summed E-state index contributed by atoms with van der Waals surface area (Å²) in [5, 5.41) is 0. The van der Waals surface area contributed by atoms with E-state index >= 15 is 0 Å². The van der Waals surface area contributed by atoms with Gasteiger partial charge in [-0.05, 0) is 35.0 Å².